The molecule has 0 N–H and O–H groups in total. The van der Waals surface area contributed by atoms with E-state index >= 15 is 0 Å². The molecule has 0 heterocycles. The van der Waals surface area contributed by atoms with Crippen LogP contribution in [-0.2, 0) is 9.53 Å². The Bertz CT molecular complexity index is 391. The number of carbonyl (C=O) groups is 2. The standard InChI is InChI=1S/C14H16O3/c15-13(11-7-3-1-4-8-11)14(16)17-12-9-5-2-6-10-12/h1,3-4,7-8,12H,2,5-6,9-10H2. The lowest BCUT2D eigenvalue weighted by Crippen LogP contribution is -2.26. The first-order chi connectivity index (χ1) is 8.27. The summed E-state index contributed by atoms with van der Waals surface area (Å²) in [5, 5.41) is 0. The first kappa shape index (κ1) is 11.8. The van der Waals surface area contributed by atoms with Crippen molar-refractivity contribution in [3.63, 3.8) is 0 Å². The van der Waals surface area contributed by atoms with Gasteiger partial charge in [0.1, 0.15) is 6.10 Å². The minimum absolute atomic E-state index is 0.0658. The Labute approximate surface area is 101 Å². The van der Waals surface area contributed by atoms with Crippen LogP contribution in [0.25, 0.3) is 0 Å². The molecular weight excluding hydrogens is 216 g/mol. The minimum Gasteiger partial charge on any atom is -0.456 e. The zero-order valence-electron chi connectivity index (χ0n) is 9.72. The highest BCUT2D eigenvalue weighted by Crippen LogP contribution is 2.20. The molecule has 2 rings (SSSR count). The highest BCUT2D eigenvalue weighted by molar-refractivity contribution is 6.40. The summed E-state index contributed by atoms with van der Waals surface area (Å²) in [6.07, 6.45) is 5.06. The van der Waals surface area contributed by atoms with Crippen molar-refractivity contribution in [2.75, 3.05) is 0 Å². The van der Waals surface area contributed by atoms with E-state index in [9.17, 15) is 9.59 Å². The Hall–Kier alpha value is -1.64. The first-order valence-electron chi connectivity index (χ1n) is 6.08. The number of rotatable bonds is 3. The molecule has 0 amide bonds. The second-order valence-electron chi connectivity index (χ2n) is 4.36. The molecule has 1 aromatic carbocycles. The fourth-order valence-corrected chi connectivity index (χ4v) is 2.10. The maximum absolute atomic E-state index is 11.7. The Morgan fingerprint density at radius 1 is 1.00 bits per heavy atom. The summed E-state index contributed by atoms with van der Waals surface area (Å²) in [7, 11) is 0. The van der Waals surface area contributed by atoms with Crippen LogP contribution in [-0.4, -0.2) is 17.9 Å². The van der Waals surface area contributed by atoms with E-state index in [1.165, 1.54) is 6.42 Å². The van der Waals surface area contributed by atoms with Crippen LogP contribution >= 0.6 is 0 Å². The van der Waals surface area contributed by atoms with Gasteiger partial charge in [-0.1, -0.05) is 36.8 Å². The van der Waals surface area contributed by atoms with Crippen molar-refractivity contribution in [1.82, 2.24) is 0 Å². The molecule has 0 unspecified atom stereocenters. The number of esters is 1. The predicted molar refractivity (Wildman–Crippen MR) is 63.7 cm³/mol. The number of hydrogen-bond acceptors (Lipinski definition) is 3. The second-order valence-corrected chi connectivity index (χ2v) is 4.36. The van der Waals surface area contributed by atoms with Gasteiger partial charge in [-0.05, 0) is 25.7 Å². The molecular formula is C14H16O3. The molecule has 1 aliphatic carbocycles. The third-order valence-corrected chi connectivity index (χ3v) is 3.05. The first-order valence-corrected chi connectivity index (χ1v) is 6.08. The van der Waals surface area contributed by atoms with Crippen LogP contribution in [0.15, 0.2) is 30.3 Å². The van der Waals surface area contributed by atoms with E-state index in [2.05, 4.69) is 0 Å². The summed E-state index contributed by atoms with van der Waals surface area (Å²) in [5.41, 5.74) is 0.397. The molecule has 0 bridgehead atoms. The summed E-state index contributed by atoms with van der Waals surface area (Å²) >= 11 is 0. The highest BCUT2D eigenvalue weighted by Gasteiger charge is 2.23. The van der Waals surface area contributed by atoms with Crippen LogP contribution in [0.1, 0.15) is 42.5 Å². The summed E-state index contributed by atoms with van der Waals surface area (Å²) < 4.78 is 5.22. The van der Waals surface area contributed by atoms with E-state index in [-0.39, 0.29) is 6.10 Å². The molecule has 1 saturated carbocycles. The van der Waals surface area contributed by atoms with Gasteiger partial charge in [0.05, 0.1) is 0 Å². The lowest BCUT2D eigenvalue weighted by molar-refractivity contribution is -0.144. The van der Waals surface area contributed by atoms with E-state index in [1.54, 1.807) is 24.3 Å². The van der Waals surface area contributed by atoms with Crippen molar-refractivity contribution in [2.24, 2.45) is 0 Å². The zero-order valence-corrected chi connectivity index (χ0v) is 9.72. The van der Waals surface area contributed by atoms with Crippen LogP contribution in [0.4, 0.5) is 0 Å². The minimum atomic E-state index is -0.719. The van der Waals surface area contributed by atoms with Crippen LogP contribution in [0, 0.1) is 0 Å². The van der Waals surface area contributed by atoms with Crippen molar-refractivity contribution in [2.45, 2.75) is 38.2 Å². The number of Topliss-reactive ketones (excluding diaryl/α,β-unsaturated/α-hetero) is 1. The fraction of sp³-hybridized carbons (Fsp3) is 0.429. The van der Waals surface area contributed by atoms with Gasteiger partial charge in [0.25, 0.3) is 5.78 Å². The zero-order chi connectivity index (χ0) is 12.1. The maximum atomic E-state index is 11.7. The summed E-state index contributed by atoms with van der Waals surface area (Å²) in [5.74, 6) is -1.26. The molecule has 1 aliphatic rings. The molecule has 0 spiro atoms. The predicted octanol–water partition coefficient (Wildman–Crippen LogP) is 2.75. The third-order valence-electron chi connectivity index (χ3n) is 3.05. The Balaban J connectivity index is 1.93. The van der Waals surface area contributed by atoms with E-state index in [0.29, 0.717) is 5.56 Å². The summed E-state index contributed by atoms with van der Waals surface area (Å²) in [6, 6.07) is 8.54. The number of hydrogen-bond donors (Lipinski definition) is 0. The SMILES string of the molecule is O=C(OC1CCCCC1)C(=O)c1ccccc1. The Morgan fingerprint density at radius 3 is 2.29 bits per heavy atom. The quantitative estimate of drug-likeness (QED) is 0.457. The fourth-order valence-electron chi connectivity index (χ4n) is 2.10. The van der Waals surface area contributed by atoms with Crippen LogP contribution in [0.2, 0.25) is 0 Å². The van der Waals surface area contributed by atoms with Crippen LogP contribution < -0.4 is 0 Å². The van der Waals surface area contributed by atoms with Gasteiger partial charge in [0, 0.05) is 5.56 Å². The molecule has 17 heavy (non-hydrogen) atoms. The van der Waals surface area contributed by atoms with Gasteiger partial charge in [0.2, 0.25) is 0 Å². The van der Waals surface area contributed by atoms with Crippen LogP contribution in [0.3, 0.4) is 0 Å². The van der Waals surface area contributed by atoms with E-state index in [4.69, 9.17) is 4.74 Å². The van der Waals surface area contributed by atoms with Crippen molar-refractivity contribution in [1.29, 1.82) is 0 Å². The van der Waals surface area contributed by atoms with Crippen molar-refractivity contribution in [3.8, 4) is 0 Å². The average Bonchev–Trinajstić information content (AvgIpc) is 2.40. The second kappa shape index (κ2) is 5.62. The smallest absolute Gasteiger partial charge is 0.379 e. The molecule has 1 aromatic rings. The molecule has 0 aliphatic heterocycles. The van der Waals surface area contributed by atoms with Gasteiger partial charge >= 0.3 is 5.97 Å². The van der Waals surface area contributed by atoms with Gasteiger partial charge in [-0.25, -0.2) is 4.79 Å². The Morgan fingerprint density at radius 2 is 1.65 bits per heavy atom. The lowest BCUT2D eigenvalue weighted by atomic mass is 9.98. The van der Waals surface area contributed by atoms with Crippen molar-refractivity contribution in [3.05, 3.63) is 35.9 Å². The third kappa shape index (κ3) is 3.16. The van der Waals surface area contributed by atoms with Gasteiger partial charge in [-0.15, -0.1) is 0 Å². The topological polar surface area (TPSA) is 43.4 Å². The number of ether oxygens (including phenoxy) is 1. The van der Waals surface area contributed by atoms with Gasteiger partial charge < -0.3 is 4.74 Å². The molecule has 0 saturated heterocycles. The highest BCUT2D eigenvalue weighted by atomic mass is 16.5. The normalized spacial score (nSPS) is 16.5. The molecule has 3 nitrogen and oxygen atoms in total. The summed E-state index contributed by atoms with van der Waals surface area (Å²) in [4.78, 5) is 23.4. The van der Waals surface area contributed by atoms with Gasteiger partial charge in [-0.2, -0.15) is 0 Å². The molecule has 0 atom stereocenters. The number of ketones is 1. The van der Waals surface area contributed by atoms with Crippen LogP contribution in [0.5, 0.6) is 0 Å². The van der Waals surface area contributed by atoms with Gasteiger partial charge in [0.15, 0.2) is 0 Å². The van der Waals surface area contributed by atoms with Gasteiger partial charge in [-0.3, -0.25) is 4.79 Å². The lowest BCUT2D eigenvalue weighted by Gasteiger charge is -2.21. The molecule has 3 heteroatoms. The molecule has 0 aromatic heterocycles. The van der Waals surface area contributed by atoms with Crippen molar-refractivity contribution >= 4 is 11.8 Å². The van der Waals surface area contributed by atoms with Crippen molar-refractivity contribution < 1.29 is 14.3 Å². The van der Waals surface area contributed by atoms with E-state index in [0.717, 1.165) is 25.7 Å². The number of carbonyl (C=O) groups excluding carboxylic acids is 2. The number of benzene rings is 1. The average molecular weight is 232 g/mol. The Kier molecular flexibility index (Phi) is 3.91. The largest absolute Gasteiger partial charge is 0.456 e. The molecule has 90 valence electrons. The molecule has 0 radical (unpaired) electrons. The maximum Gasteiger partial charge on any atom is 0.379 e. The molecule has 1 fully saturated rings. The van der Waals surface area contributed by atoms with E-state index < -0.39 is 11.8 Å². The summed E-state index contributed by atoms with van der Waals surface area (Å²) in [6.45, 7) is 0. The monoisotopic (exact) mass is 232 g/mol. The van der Waals surface area contributed by atoms with E-state index in [1.807, 2.05) is 6.07 Å².